The Balaban J connectivity index is 0.000000320. The van der Waals surface area contributed by atoms with Gasteiger partial charge in [0.25, 0.3) is 0 Å². The fraction of sp³-hybridized carbons (Fsp3) is 0.556. The Morgan fingerprint density at radius 3 is 1.44 bits per heavy atom. The molecule has 0 heteroatoms. The van der Waals surface area contributed by atoms with E-state index in [-0.39, 0.29) is 14.9 Å². The van der Waals surface area contributed by atoms with E-state index in [1.807, 2.05) is 0 Å². The lowest BCUT2D eigenvalue weighted by molar-refractivity contribution is 0.691. The molecule has 2 atom stereocenters. The van der Waals surface area contributed by atoms with Gasteiger partial charge in [-0.2, -0.15) is 0 Å². The van der Waals surface area contributed by atoms with Crippen molar-refractivity contribution in [1.29, 1.82) is 0 Å². The number of hydrogen-bond donors (Lipinski definition) is 0. The molecule has 0 N–H and O–H groups in total. The van der Waals surface area contributed by atoms with E-state index in [2.05, 4.69) is 12.2 Å². The lowest BCUT2D eigenvalue weighted by Crippen LogP contribution is -1.82. The molecule has 0 spiro atoms. The molecule has 0 aromatic carbocycles. The number of fused-ring (bicyclic) bond motifs is 2. The molecular weight excluding hydrogens is 108 g/mol. The molecule has 46 valence electrons. The first-order chi connectivity index (χ1) is 3.45. The Morgan fingerprint density at radius 2 is 1.33 bits per heavy atom. The summed E-state index contributed by atoms with van der Waals surface area (Å²) in [7, 11) is 0. The molecule has 0 amide bonds. The van der Waals surface area contributed by atoms with Crippen molar-refractivity contribution < 1.29 is 0 Å². The molecule has 0 aromatic heterocycles. The summed E-state index contributed by atoms with van der Waals surface area (Å²) in [5.74, 6) is 1.98. The standard InChI is InChI=1S/C7H10.2C/c1-2-7-4-3-6(1)5-7;;/h1-2,6-7H,3-5H2;;. The first kappa shape index (κ1) is 8.74. The molecule has 8 radical (unpaired) electrons. The zero-order chi connectivity index (χ0) is 4.69. The fourth-order valence-corrected chi connectivity index (χ4v) is 1.72. The summed E-state index contributed by atoms with van der Waals surface area (Å²) in [6.45, 7) is 0. The lowest BCUT2D eigenvalue weighted by atomic mass is 10.1. The summed E-state index contributed by atoms with van der Waals surface area (Å²) in [6, 6.07) is 0. The molecule has 0 saturated heterocycles. The fourth-order valence-electron chi connectivity index (χ4n) is 1.72. The predicted octanol–water partition coefficient (Wildman–Crippen LogP) is 2.14. The Morgan fingerprint density at radius 1 is 0.889 bits per heavy atom. The molecular formula is C9H10. The van der Waals surface area contributed by atoms with Gasteiger partial charge in [0.05, 0.1) is 0 Å². The highest BCUT2D eigenvalue weighted by molar-refractivity contribution is 5.06. The molecule has 2 unspecified atom stereocenters. The molecule has 9 heavy (non-hydrogen) atoms. The van der Waals surface area contributed by atoms with E-state index in [0.717, 1.165) is 11.8 Å². The highest BCUT2D eigenvalue weighted by Crippen LogP contribution is 2.38. The van der Waals surface area contributed by atoms with Crippen LogP contribution in [0.3, 0.4) is 0 Å². The number of rotatable bonds is 0. The molecule has 0 heterocycles. The zero-order valence-corrected chi connectivity index (χ0v) is 5.43. The molecule has 0 aromatic rings. The average molecular weight is 118 g/mol. The van der Waals surface area contributed by atoms with Crippen LogP contribution < -0.4 is 0 Å². The summed E-state index contributed by atoms with van der Waals surface area (Å²) in [4.78, 5) is 0. The molecule has 1 saturated carbocycles. The van der Waals surface area contributed by atoms with Gasteiger partial charge >= 0.3 is 0 Å². The van der Waals surface area contributed by atoms with Crippen LogP contribution in [0.1, 0.15) is 19.3 Å². The van der Waals surface area contributed by atoms with Gasteiger partial charge in [0.1, 0.15) is 0 Å². The maximum atomic E-state index is 2.38. The van der Waals surface area contributed by atoms with E-state index in [0.29, 0.717) is 0 Å². The summed E-state index contributed by atoms with van der Waals surface area (Å²) < 4.78 is 0. The zero-order valence-electron chi connectivity index (χ0n) is 5.43. The second-order valence-corrected chi connectivity index (χ2v) is 2.72. The van der Waals surface area contributed by atoms with E-state index in [9.17, 15) is 0 Å². The van der Waals surface area contributed by atoms with Gasteiger partial charge in [-0.3, -0.25) is 0 Å². The normalized spacial score (nSPS) is 35.6. The van der Waals surface area contributed by atoms with Gasteiger partial charge in [0, 0.05) is 14.9 Å². The third kappa shape index (κ3) is 1.35. The van der Waals surface area contributed by atoms with E-state index in [4.69, 9.17) is 0 Å². The molecule has 2 aliphatic rings. The van der Waals surface area contributed by atoms with Gasteiger partial charge in [-0.25, -0.2) is 0 Å². The summed E-state index contributed by atoms with van der Waals surface area (Å²) >= 11 is 0. The molecule has 0 aliphatic heterocycles. The van der Waals surface area contributed by atoms with Crippen LogP contribution in [0.5, 0.6) is 0 Å². The minimum Gasteiger partial charge on any atom is -0.0851 e. The van der Waals surface area contributed by atoms with E-state index < -0.39 is 0 Å². The topological polar surface area (TPSA) is 0 Å². The van der Waals surface area contributed by atoms with Crippen molar-refractivity contribution in [2.24, 2.45) is 11.8 Å². The van der Waals surface area contributed by atoms with Gasteiger partial charge in [0.15, 0.2) is 0 Å². The third-order valence-corrected chi connectivity index (χ3v) is 2.17. The van der Waals surface area contributed by atoms with Gasteiger partial charge in [-0.15, -0.1) is 0 Å². The summed E-state index contributed by atoms with van der Waals surface area (Å²) in [5.41, 5.74) is 0. The van der Waals surface area contributed by atoms with Gasteiger partial charge < -0.3 is 0 Å². The maximum Gasteiger partial charge on any atom is 0 e. The van der Waals surface area contributed by atoms with Crippen LogP contribution >= 0.6 is 0 Å². The Hall–Kier alpha value is -0.260. The molecule has 2 aliphatic carbocycles. The highest BCUT2D eigenvalue weighted by Gasteiger charge is 2.25. The lowest BCUT2D eigenvalue weighted by Gasteiger charge is -1.96. The van der Waals surface area contributed by atoms with Crippen LogP contribution in [0.2, 0.25) is 0 Å². The predicted molar refractivity (Wildman–Crippen MR) is 36.5 cm³/mol. The monoisotopic (exact) mass is 118 g/mol. The van der Waals surface area contributed by atoms with Gasteiger partial charge in [-0.05, 0) is 31.1 Å². The second kappa shape index (κ2) is 3.05. The van der Waals surface area contributed by atoms with Crippen molar-refractivity contribution in [2.75, 3.05) is 0 Å². The Labute approximate surface area is 59.0 Å². The highest BCUT2D eigenvalue weighted by atomic mass is 14.3. The largest absolute Gasteiger partial charge is 0.0851 e. The van der Waals surface area contributed by atoms with Crippen molar-refractivity contribution in [3.8, 4) is 0 Å². The quantitative estimate of drug-likeness (QED) is 0.427. The van der Waals surface area contributed by atoms with E-state index in [1.54, 1.807) is 0 Å². The number of allylic oxidation sites excluding steroid dienone is 2. The average Bonchev–Trinajstić information content (AvgIpc) is 2.22. The van der Waals surface area contributed by atoms with Crippen molar-refractivity contribution in [3.05, 3.63) is 27.0 Å². The van der Waals surface area contributed by atoms with E-state index >= 15 is 0 Å². The van der Waals surface area contributed by atoms with Gasteiger partial charge in [0.2, 0.25) is 0 Å². The van der Waals surface area contributed by atoms with Crippen LogP contribution in [0.25, 0.3) is 0 Å². The Kier molecular flexibility index (Phi) is 2.96. The first-order valence-electron chi connectivity index (χ1n) is 3.13. The SMILES string of the molecule is C1=CC2CCC1C2.[C].[C]. The van der Waals surface area contributed by atoms with Crippen molar-refractivity contribution in [3.63, 3.8) is 0 Å². The van der Waals surface area contributed by atoms with E-state index in [1.165, 1.54) is 19.3 Å². The minimum absolute atomic E-state index is 0. The summed E-state index contributed by atoms with van der Waals surface area (Å²) in [5, 5.41) is 0. The van der Waals surface area contributed by atoms with Crippen molar-refractivity contribution in [1.82, 2.24) is 0 Å². The first-order valence-corrected chi connectivity index (χ1v) is 3.13. The van der Waals surface area contributed by atoms with Crippen LogP contribution in [0.4, 0.5) is 0 Å². The van der Waals surface area contributed by atoms with Crippen molar-refractivity contribution in [2.45, 2.75) is 19.3 Å². The van der Waals surface area contributed by atoms with Crippen LogP contribution in [-0.2, 0) is 0 Å². The molecule has 1 fully saturated rings. The minimum atomic E-state index is 0. The second-order valence-electron chi connectivity index (χ2n) is 2.72. The van der Waals surface area contributed by atoms with Crippen LogP contribution in [0, 0.1) is 26.7 Å². The third-order valence-electron chi connectivity index (χ3n) is 2.17. The number of hydrogen-bond acceptors (Lipinski definition) is 0. The Bertz CT molecular complexity index is 90.6. The van der Waals surface area contributed by atoms with Gasteiger partial charge in [-0.1, -0.05) is 12.2 Å². The smallest absolute Gasteiger partial charge is 0 e. The summed E-state index contributed by atoms with van der Waals surface area (Å²) in [6.07, 6.45) is 9.19. The molecule has 2 rings (SSSR count). The van der Waals surface area contributed by atoms with Crippen LogP contribution in [-0.4, -0.2) is 0 Å². The van der Waals surface area contributed by atoms with Crippen molar-refractivity contribution >= 4 is 0 Å². The molecule has 0 nitrogen and oxygen atoms in total. The molecule has 2 bridgehead atoms. The van der Waals surface area contributed by atoms with Crippen LogP contribution in [0.15, 0.2) is 12.2 Å². The maximum absolute atomic E-state index is 2.38.